The molecule has 0 bridgehead atoms. The molecule has 1 heterocycles. The van der Waals surface area contributed by atoms with Crippen molar-refractivity contribution in [2.75, 3.05) is 0 Å². The highest BCUT2D eigenvalue weighted by Gasteiger charge is 2.31. The van der Waals surface area contributed by atoms with Gasteiger partial charge >= 0.3 is 19.6 Å². The zero-order valence-electron chi connectivity index (χ0n) is 4.94. The highest BCUT2D eigenvalue weighted by Crippen LogP contribution is 2.06. The normalized spacial score (nSPS) is 23.6. The molecule has 6 heteroatoms. The Kier molecular flexibility index (Phi) is 1.91. The molecule has 0 aromatic carbocycles. The van der Waals surface area contributed by atoms with Crippen LogP contribution in [0.2, 0.25) is 0 Å². The molecule has 5 nitrogen and oxygen atoms in total. The molecule has 10 heavy (non-hydrogen) atoms. The predicted molar refractivity (Wildman–Crippen MR) is 29.0 cm³/mol. The van der Waals surface area contributed by atoms with Crippen LogP contribution < -0.4 is 0 Å². The first-order chi connectivity index (χ1) is 4.70. The Morgan fingerprint density at radius 1 is 1.80 bits per heavy atom. The molecule has 1 aliphatic rings. The maximum atomic E-state index is 10.5. The second-order valence-corrected chi connectivity index (χ2v) is 1.76. The molecule has 53 valence electrons. The Bertz CT molecular complexity index is 167. The molecule has 1 atom stereocenters. The fourth-order valence-electron chi connectivity index (χ4n) is 0.564. The lowest BCUT2D eigenvalue weighted by Crippen LogP contribution is -2.19. The predicted octanol–water partition coefficient (Wildman–Crippen LogP) is -1.06. The molecule has 0 aliphatic carbocycles. The number of carboxylic acids is 1. The van der Waals surface area contributed by atoms with E-state index in [-0.39, 0.29) is 6.42 Å². The second-order valence-electron chi connectivity index (χ2n) is 1.76. The summed E-state index contributed by atoms with van der Waals surface area (Å²) in [6, 6.07) is 0. The van der Waals surface area contributed by atoms with E-state index in [1.807, 2.05) is 0 Å². The van der Waals surface area contributed by atoms with E-state index in [0.29, 0.717) is 0 Å². The van der Waals surface area contributed by atoms with E-state index in [1.54, 1.807) is 0 Å². The van der Waals surface area contributed by atoms with Gasteiger partial charge in [-0.1, -0.05) is 0 Å². The van der Waals surface area contributed by atoms with Gasteiger partial charge in [0.1, 0.15) is 0 Å². The molecule has 1 N–H and O–H groups in total. The van der Waals surface area contributed by atoms with Crippen molar-refractivity contribution in [3.8, 4) is 0 Å². The van der Waals surface area contributed by atoms with Gasteiger partial charge in [-0.2, -0.15) is 0 Å². The number of rotatable bonds is 2. The third-order valence-corrected chi connectivity index (χ3v) is 1.01. The molecular weight excluding hydrogens is 139 g/mol. The Labute approximate surface area is 57.2 Å². The van der Waals surface area contributed by atoms with Crippen molar-refractivity contribution in [3.63, 3.8) is 0 Å². The van der Waals surface area contributed by atoms with E-state index in [2.05, 4.69) is 9.31 Å². The van der Waals surface area contributed by atoms with Crippen LogP contribution in [0.5, 0.6) is 0 Å². The van der Waals surface area contributed by atoms with Crippen LogP contribution in [-0.4, -0.2) is 30.8 Å². The SMILES string of the molecule is O=C(O)C[C@@H]1O[B]OC1=O. The van der Waals surface area contributed by atoms with Crippen molar-refractivity contribution in [2.24, 2.45) is 0 Å². The van der Waals surface area contributed by atoms with Crippen molar-refractivity contribution in [1.29, 1.82) is 0 Å². The van der Waals surface area contributed by atoms with Crippen LogP contribution in [-0.2, 0) is 18.9 Å². The summed E-state index contributed by atoms with van der Waals surface area (Å²) in [5.74, 6) is -1.74. The van der Waals surface area contributed by atoms with E-state index in [9.17, 15) is 9.59 Å². The van der Waals surface area contributed by atoms with E-state index in [1.165, 1.54) is 0 Å². The standard InChI is InChI=1S/C4H4BO5/c6-3(7)1-2-4(8)10-5-9-2/h2H,1H2,(H,6,7)/t2-/m0/s1. The zero-order valence-corrected chi connectivity index (χ0v) is 4.94. The molecule has 0 aromatic heterocycles. The number of hydrogen-bond donors (Lipinski definition) is 1. The average Bonchev–Trinajstić information content (AvgIpc) is 2.15. The third kappa shape index (κ3) is 1.47. The van der Waals surface area contributed by atoms with Crippen molar-refractivity contribution >= 4 is 19.6 Å². The van der Waals surface area contributed by atoms with Gasteiger partial charge in [0.25, 0.3) is 0 Å². The Morgan fingerprint density at radius 2 is 2.50 bits per heavy atom. The molecule has 1 aliphatic heterocycles. The lowest BCUT2D eigenvalue weighted by atomic mass is 10.2. The van der Waals surface area contributed by atoms with Gasteiger partial charge in [-0.3, -0.25) is 9.59 Å². The maximum absolute atomic E-state index is 10.5. The van der Waals surface area contributed by atoms with Crippen molar-refractivity contribution in [2.45, 2.75) is 12.5 Å². The van der Waals surface area contributed by atoms with Crippen molar-refractivity contribution in [1.82, 2.24) is 0 Å². The Balaban J connectivity index is 2.40. The lowest BCUT2D eigenvalue weighted by Gasteiger charge is -1.99. The minimum atomic E-state index is -1.09. The highest BCUT2D eigenvalue weighted by atomic mass is 16.7. The summed E-state index contributed by atoms with van der Waals surface area (Å²) >= 11 is 0. The first-order valence-electron chi connectivity index (χ1n) is 2.59. The first kappa shape index (κ1) is 7.08. The van der Waals surface area contributed by atoms with Crippen LogP contribution in [0.15, 0.2) is 0 Å². The van der Waals surface area contributed by atoms with Gasteiger partial charge in [0.15, 0.2) is 6.10 Å². The van der Waals surface area contributed by atoms with Crippen LogP contribution >= 0.6 is 0 Å². The minimum Gasteiger partial charge on any atom is -0.509 e. The van der Waals surface area contributed by atoms with Gasteiger partial charge in [-0.05, 0) is 0 Å². The van der Waals surface area contributed by atoms with E-state index in [4.69, 9.17) is 5.11 Å². The summed E-state index contributed by atoms with van der Waals surface area (Å²) in [5.41, 5.74) is 0. The minimum absolute atomic E-state index is 0.352. The van der Waals surface area contributed by atoms with Crippen LogP contribution in [0, 0.1) is 0 Å². The summed E-state index contributed by atoms with van der Waals surface area (Å²) in [6.45, 7) is 0. The zero-order chi connectivity index (χ0) is 7.56. The first-order valence-corrected chi connectivity index (χ1v) is 2.59. The molecule has 0 saturated carbocycles. The van der Waals surface area contributed by atoms with Gasteiger partial charge < -0.3 is 14.4 Å². The third-order valence-electron chi connectivity index (χ3n) is 1.01. The summed E-state index contributed by atoms with van der Waals surface area (Å²) in [7, 11) is 0.843. The summed E-state index contributed by atoms with van der Waals surface area (Å²) in [6.07, 6.45) is -1.31. The molecule has 0 unspecified atom stereocenters. The number of aliphatic carboxylic acids is 1. The van der Waals surface area contributed by atoms with Crippen LogP contribution in [0.4, 0.5) is 0 Å². The Hall–Kier alpha value is -1.04. The van der Waals surface area contributed by atoms with E-state index in [0.717, 1.165) is 7.69 Å². The molecule has 0 spiro atoms. The topological polar surface area (TPSA) is 72.8 Å². The quantitative estimate of drug-likeness (QED) is 0.498. The maximum Gasteiger partial charge on any atom is 0.575 e. The van der Waals surface area contributed by atoms with Gasteiger partial charge in [0.05, 0.1) is 6.42 Å². The van der Waals surface area contributed by atoms with E-state index >= 15 is 0 Å². The summed E-state index contributed by atoms with van der Waals surface area (Å²) in [4.78, 5) is 20.5. The number of carboxylic acid groups (broad SMARTS) is 1. The van der Waals surface area contributed by atoms with Gasteiger partial charge in [0, 0.05) is 0 Å². The smallest absolute Gasteiger partial charge is 0.509 e. The number of carbonyl (C=O) groups excluding carboxylic acids is 1. The summed E-state index contributed by atoms with van der Waals surface area (Å²) < 4.78 is 8.72. The second kappa shape index (κ2) is 2.70. The monoisotopic (exact) mass is 143 g/mol. The highest BCUT2D eigenvalue weighted by molar-refractivity contribution is 6.26. The van der Waals surface area contributed by atoms with Gasteiger partial charge in [-0.25, -0.2) is 0 Å². The average molecular weight is 143 g/mol. The number of carbonyl (C=O) groups is 2. The molecule has 1 radical (unpaired) electrons. The van der Waals surface area contributed by atoms with Crippen molar-refractivity contribution in [3.05, 3.63) is 0 Å². The van der Waals surface area contributed by atoms with Crippen molar-refractivity contribution < 1.29 is 24.0 Å². The van der Waals surface area contributed by atoms with Crippen LogP contribution in [0.25, 0.3) is 0 Å². The number of hydrogen-bond acceptors (Lipinski definition) is 4. The largest absolute Gasteiger partial charge is 0.575 e. The molecular formula is C4H4BO5. The van der Waals surface area contributed by atoms with Gasteiger partial charge in [-0.15, -0.1) is 0 Å². The summed E-state index contributed by atoms with van der Waals surface area (Å²) in [5, 5.41) is 8.19. The van der Waals surface area contributed by atoms with Gasteiger partial charge in [0.2, 0.25) is 0 Å². The van der Waals surface area contributed by atoms with E-state index < -0.39 is 18.0 Å². The fraction of sp³-hybridized carbons (Fsp3) is 0.500. The van der Waals surface area contributed by atoms with Crippen LogP contribution in [0.1, 0.15) is 6.42 Å². The Morgan fingerprint density at radius 3 is 2.90 bits per heavy atom. The lowest BCUT2D eigenvalue weighted by molar-refractivity contribution is -0.145. The molecule has 0 amide bonds. The fourth-order valence-corrected chi connectivity index (χ4v) is 0.564. The molecule has 1 fully saturated rings. The molecule has 1 rings (SSSR count). The molecule has 1 saturated heterocycles. The molecule has 0 aromatic rings. The van der Waals surface area contributed by atoms with Crippen LogP contribution in [0.3, 0.4) is 0 Å².